The number of nitrogens with two attached hydrogens (primary N) is 1. The van der Waals surface area contributed by atoms with Crippen LogP contribution in [-0.2, 0) is 12.3 Å². The molecule has 1 rings (SSSR count). The van der Waals surface area contributed by atoms with Crippen LogP contribution in [0.5, 0.6) is 11.5 Å². The fraction of sp³-hybridized carbons (Fsp3) is 0.500. The van der Waals surface area contributed by atoms with Crippen LogP contribution in [0.4, 0.5) is 0 Å². The molecule has 4 heteroatoms. The molecule has 16 heavy (non-hydrogen) atoms. The van der Waals surface area contributed by atoms with E-state index in [0.29, 0.717) is 5.88 Å². The summed E-state index contributed by atoms with van der Waals surface area (Å²) >= 11 is 5.84. The quantitative estimate of drug-likeness (QED) is 0.808. The molecule has 0 aliphatic heterocycles. The van der Waals surface area contributed by atoms with Gasteiger partial charge in [0.15, 0.2) is 0 Å². The molecule has 1 atom stereocenters. The standard InChI is InChI=1S/C12H18ClNO2/c1-8(14)4-9-5-12(16-3)10(7-13)6-11(9)15-2/h5-6,8H,4,7,14H2,1-3H3. The Morgan fingerprint density at radius 3 is 2.12 bits per heavy atom. The van der Waals surface area contributed by atoms with E-state index in [4.69, 9.17) is 26.8 Å². The van der Waals surface area contributed by atoms with Crippen LogP contribution >= 0.6 is 11.6 Å². The van der Waals surface area contributed by atoms with Crippen molar-refractivity contribution in [3.8, 4) is 11.5 Å². The normalized spacial score (nSPS) is 12.3. The van der Waals surface area contributed by atoms with Gasteiger partial charge in [0.25, 0.3) is 0 Å². The van der Waals surface area contributed by atoms with Gasteiger partial charge < -0.3 is 15.2 Å². The second kappa shape index (κ2) is 5.97. The zero-order valence-electron chi connectivity index (χ0n) is 9.92. The molecule has 0 aliphatic rings. The van der Waals surface area contributed by atoms with Crippen LogP contribution in [0.15, 0.2) is 12.1 Å². The minimum atomic E-state index is 0.0838. The highest BCUT2D eigenvalue weighted by Gasteiger charge is 2.11. The Labute approximate surface area is 101 Å². The van der Waals surface area contributed by atoms with E-state index in [-0.39, 0.29) is 6.04 Å². The van der Waals surface area contributed by atoms with Gasteiger partial charge in [-0.1, -0.05) is 0 Å². The molecule has 0 aliphatic carbocycles. The van der Waals surface area contributed by atoms with Gasteiger partial charge in [0, 0.05) is 11.6 Å². The molecular formula is C12H18ClNO2. The van der Waals surface area contributed by atoms with Crippen LogP contribution < -0.4 is 15.2 Å². The van der Waals surface area contributed by atoms with E-state index in [9.17, 15) is 0 Å². The van der Waals surface area contributed by atoms with Gasteiger partial charge in [-0.2, -0.15) is 0 Å². The van der Waals surface area contributed by atoms with Crippen molar-refractivity contribution in [2.45, 2.75) is 25.3 Å². The maximum absolute atomic E-state index is 5.84. The summed E-state index contributed by atoms with van der Waals surface area (Å²) in [6, 6.07) is 3.93. The van der Waals surface area contributed by atoms with Crippen molar-refractivity contribution in [2.75, 3.05) is 14.2 Å². The lowest BCUT2D eigenvalue weighted by atomic mass is 10.0. The van der Waals surface area contributed by atoms with Crippen molar-refractivity contribution in [3.05, 3.63) is 23.3 Å². The molecule has 0 spiro atoms. The molecule has 0 fully saturated rings. The molecule has 0 saturated carbocycles. The number of ether oxygens (including phenoxy) is 2. The van der Waals surface area contributed by atoms with Gasteiger partial charge in [-0.05, 0) is 31.0 Å². The summed E-state index contributed by atoms with van der Waals surface area (Å²) in [6.07, 6.45) is 0.752. The van der Waals surface area contributed by atoms with Crippen LogP contribution in [0.3, 0.4) is 0 Å². The number of methoxy groups -OCH3 is 2. The summed E-state index contributed by atoms with van der Waals surface area (Å²) in [4.78, 5) is 0. The Hall–Kier alpha value is -0.930. The van der Waals surface area contributed by atoms with Crippen molar-refractivity contribution in [1.82, 2.24) is 0 Å². The third kappa shape index (κ3) is 3.03. The predicted molar refractivity (Wildman–Crippen MR) is 66.5 cm³/mol. The highest BCUT2D eigenvalue weighted by Crippen LogP contribution is 2.30. The first kappa shape index (κ1) is 13.1. The Morgan fingerprint density at radius 1 is 1.19 bits per heavy atom. The maximum atomic E-state index is 5.84. The predicted octanol–water partition coefficient (Wildman–Crippen LogP) is 2.33. The van der Waals surface area contributed by atoms with Gasteiger partial charge in [-0.25, -0.2) is 0 Å². The lowest BCUT2D eigenvalue weighted by Crippen LogP contribution is -2.18. The smallest absolute Gasteiger partial charge is 0.123 e. The molecule has 1 unspecified atom stereocenters. The van der Waals surface area contributed by atoms with Crippen molar-refractivity contribution in [1.29, 1.82) is 0 Å². The largest absolute Gasteiger partial charge is 0.496 e. The van der Waals surface area contributed by atoms with Crippen molar-refractivity contribution < 1.29 is 9.47 Å². The Morgan fingerprint density at radius 2 is 1.69 bits per heavy atom. The Bertz CT molecular complexity index is 353. The zero-order valence-corrected chi connectivity index (χ0v) is 10.7. The Kier molecular flexibility index (Phi) is 4.90. The molecule has 1 aromatic rings. The van der Waals surface area contributed by atoms with Crippen LogP contribution in [0.2, 0.25) is 0 Å². The lowest BCUT2D eigenvalue weighted by molar-refractivity contribution is 0.395. The second-order valence-corrected chi connectivity index (χ2v) is 4.06. The second-order valence-electron chi connectivity index (χ2n) is 3.79. The van der Waals surface area contributed by atoms with Gasteiger partial charge in [0.05, 0.1) is 20.1 Å². The number of halogens is 1. The molecular weight excluding hydrogens is 226 g/mol. The fourth-order valence-electron chi connectivity index (χ4n) is 1.64. The number of rotatable bonds is 5. The first-order valence-electron chi connectivity index (χ1n) is 5.17. The number of benzene rings is 1. The maximum Gasteiger partial charge on any atom is 0.123 e. The summed E-state index contributed by atoms with van der Waals surface area (Å²) in [6.45, 7) is 1.96. The van der Waals surface area contributed by atoms with Crippen LogP contribution in [0, 0.1) is 0 Å². The van der Waals surface area contributed by atoms with E-state index < -0.39 is 0 Å². The molecule has 0 heterocycles. The van der Waals surface area contributed by atoms with Crippen LogP contribution in [-0.4, -0.2) is 20.3 Å². The van der Waals surface area contributed by atoms with Crippen molar-refractivity contribution in [2.24, 2.45) is 5.73 Å². The lowest BCUT2D eigenvalue weighted by Gasteiger charge is -2.15. The third-order valence-corrected chi connectivity index (χ3v) is 2.66. The molecule has 2 N–H and O–H groups in total. The summed E-state index contributed by atoms with van der Waals surface area (Å²) in [7, 11) is 3.28. The van der Waals surface area contributed by atoms with E-state index in [0.717, 1.165) is 29.0 Å². The number of hydrogen-bond donors (Lipinski definition) is 1. The zero-order chi connectivity index (χ0) is 12.1. The average molecular weight is 244 g/mol. The van der Waals surface area contributed by atoms with Gasteiger partial charge in [-0.3, -0.25) is 0 Å². The number of alkyl halides is 1. The van der Waals surface area contributed by atoms with Gasteiger partial charge in [-0.15, -0.1) is 11.6 Å². The summed E-state index contributed by atoms with van der Waals surface area (Å²) in [5.41, 5.74) is 7.76. The van der Waals surface area contributed by atoms with Crippen LogP contribution in [0.1, 0.15) is 18.1 Å². The van der Waals surface area contributed by atoms with Crippen molar-refractivity contribution >= 4 is 11.6 Å². The van der Waals surface area contributed by atoms with Crippen molar-refractivity contribution in [3.63, 3.8) is 0 Å². The minimum absolute atomic E-state index is 0.0838. The van der Waals surface area contributed by atoms with E-state index in [1.165, 1.54) is 0 Å². The molecule has 0 bridgehead atoms. The van der Waals surface area contributed by atoms with E-state index in [1.807, 2.05) is 19.1 Å². The van der Waals surface area contributed by atoms with E-state index in [2.05, 4.69) is 0 Å². The monoisotopic (exact) mass is 243 g/mol. The summed E-state index contributed by atoms with van der Waals surface area (Å²) in [5.74, 6) is 2.00. The molecule has 0 saturated heterocycles. The highest BCUT2D eigenvalue weighted by molar-refractivity contribution is 6.17. The number of hydrogen-bond acceptors (Lipinski definition) is 3. The molecule has 0 amide bonds. The first-order chi connectivity index (χ1) is 7.62. The highest BCUT2D eigenvalue weighted by atomic mass is 35.5. The topological polar surface area (TPSA) is 44.5 Å². The fourth-order valence-corrected chi connectivity index (χ4v) is 1.84. The molecule has 0 radical (unpaired) electrons. The first-order valence-corrected chi connectivity index (χ1v) is 5.71. The average Bonchev–Trinajstić information content (AvgIpc) is 2.27. The molecule has 3 nitrogen and oxygen atoms in total. The molecule has 0 aromatic heterocycles. The summed E-state index contributed by atoms with van der Waals surface area (Å²) in [5, 5.41) is 0. The van der Waals surface area contributed by atoms with Crippen LogP contribution in [0.25, 0.3) is 0 Å². The SMILES string of the molecule is COc1cc(CC(C)N)c(OC)cc1CCl. The minimum Gasteiger partial charge on any atom is -0.496 e. The van der Waals surface area contributed by atoms with E-state index >= 15 is 0 Å². The van der Waals surface area contributed by atoms with E-state index in [1.54, 1.807) is 14.2 Å². The summed E-state index contributed by atoms with van der Waals surface area (Å²) < 4.78 is 10.6. The molecule has 1 aromatic carbocycles. The molecule has 90 valence electrons. The third-order valence-electron chi connectivity index (χ3n) is 2.37. The van der Waals surface area contributed by atoms with Gasteiger partial charge in [0.2, 0.25) is 0 Å². The van der Waals surface area contributed by atoms with Gasteiger partial charge >= 0.3 is 0 Å². The Balaban J connectivity index is 3.15. The van der Waals surface area contributed by atoms with Gasteiger partial charge in [0.1, 0.15) is 11.5 Å².